The second kappa shape index (κ2) is 18.6. The lowest BCUT2D eigenvalue weighted by Gasteiger charge is -2.44. The van der Waals surface area contributed by atoms with E-state index in [0.29, 0.717) is 12.1 Å². The molecule has 434 valence electrons. The molecule has 0 spiro atoms. The Bertz CT molecular complexity index is 2030. The van der Waals surface area contributed by atoms with E-state index < -0.39 is 155 Å². The van der Waals surface area contributed by atoms with Gasteiger partial charge in [-0.05, 0) is 26.0 Å². The Hall–Kier alpha value is -4.50. The predicted molar refractivity (Wildman–Crippen MR) is 157 cm³/mol. The molecule has 1 aromatic rings. The molecule has 0 bridgehead atoms. The maximum Gasteiger partial charge on any atom is 0.460 e. The first kappa shape index (κ1) is 67.5. The first-order valence-corrected chi connectivity index (χ1v) is 17.5. The van der Waals surface area contributed by atoms with Crippen LogP contribution in [0.4, 0.5) is 167 Å². The van der Waals surface area contributed by atoms with Gasteiger partial charge < -0.3 is 9.47 Å². The Morgan fingerprint density at radius 2 is 0.473 bits per heavy atom. The number of esters is 2. The van der Waals surface area contributed by atoms with Crippen molar-refractivity contribution in [1.82, 2.24) is 0 Å². The van der Waals surface area contributed by atoms with E-state index in [0.717, 1.165) is 0 Å². The molecule has 0 amide bonds. The van der Waals surface area contributed by atoms with Crippen LogP contribution in [0.2, 0.25) is 0 Å². The third kappa shape index (κ3) is 9.58. The summed E-state index contributed by atoms with van der Waals surface area (Å²) in [4.78, 5) is 25.1. The van der Waals surface area contributed by atoms with Gasteiger partial charge in [0.25, 0.3) is 0 Å². The third-order valence-electron chi connectivity index (χ3n) is 9.43. The summed E-state index contributed by atoms with van der Waals surface area (Å²) >= 11 is 0. The Morgan fingerprint density at radius 3 is 0.649 bits per heavy atom. The standard InChI is InChI=1S/C32H16F38O4/c1-9(7-15(33,34)17(37,38)19(41,42)21(45,46)23(49,50)25(53,54)27(57,58)29(61,62)31(65,66)67)73-13(71)11-5-3-4-6-12(11)14(72)74-10(2)8-16(35,36)18(39,40)20(43,44)22(47,48)24(51,52)26(55,56)28(59,60)30(63,64)32(68,69)70/h3-6,9-10H,7-8H2,1-2H3. The summed E-state index contributed by atoms with van der Waals surface area (Å²) in [6, 6.07) is 0.974. The van der Waals surface area contributed by atoms with Gasteiger partial charge in [0.2, 0.25) is 0 Å². The molecule has 1 aromatic carbocycles. The van der Waals surface area contributed by atoms with E-state index in [4.69, 9.17) is 0 Å². The molecule has 0 aliphatic carbocycles. The molecule has 1 rings (SSSR count). The molecule has 0 N–H and O–H groups in total. The number of alkyl halides is 38. The second-order valence-electron chi connectivity index (χ2n) is 14.8. The van der Waals surface area contributed by atoms with Crippen LogP contribution in [-0.4, -0.2) is 131 Å². The Kier molecular flexibility index (Phi) is 17.0. The zero-order valence-electron chi connectivity index (χ0n) is 33.9. The second-order valence-corrected chi connectivity index (χ2v) is 14.8. The number of ether oxygens (including phenoxy) is 2. The van der Waals surface area contributed by atoms with E-state index in [1.54, 1.807) is 0 Å². The van der Waals surface area contributed by atoms with Crippen molar-refractivity contribution >= 4 is 11.9 Å². The average Bonchev–Trinajstić information content (AvgIpc) is 3.18. The van der Waals surface area contributed by atoms with Crippen LogP contribution < -0.4 is 0 Å². The zero-order chi connectivity index (χ0) is 60.1. The maximum absolute atomic E-state index is 14.5. The molecule has 0 saturated heterocycles. The number of carbonyl (C=O) groups is 2. The van der Waals surface area contributed by atoms with Gasteiger partial charge >= 0.3 is 119 Å². The molecular formula is C32H16F38O4. The van der Waals surface area contributed by atoms with Crippen LogP contribution in [0.3, 0.4) is 0 Å². The van der Waals surface area contributed by atoms with Crippen LogP contribution in [0.25, 0.3) is 0 Å². The lowest BCUT2D eigenvalue weighted by Crippen LogP contribution is -2.75. The van der Waals surface area contributed by atoms with Crippen LogP contribution >= 0.6 is 0 Å². The monoisotopic (exact) mass is 1190 g/mol. The minimum atomic E-state index is -9.33. The maximum atomic E-state index is 14.5. The summed E-state index contributed by atoms with van der Waals surface area (Å²) in [5, 5.41) is 0. The molecule has 0 fully saturated rings. The molecule has 2 atom stereocenters. The van der Waals surface area contributed by atoms with Crippen molar-refractivity contribution in [2.24, 2.45) is 0 Å². The number of halogens is 38. The molecule has 0 heterocycles. The van der Waals surface area contributed by atoms with Crippen LogP contribution in [-0.2, 0) is 9.47 Å². The first-order valence-electron chi connectivity index (χ1n) is 17.5. The van der Waals surface area contributed by atoms with E-state index in [9.17, 15) is 176 Å². The topological polar surface area (TPSA) is 52.6 Å². The summed E-state index contributed by atoms with van der Waals surface area (Å²) in [7, 11) is 0. The van der Waals surface area contributed by atoms with Gasteiger partial charge in [-0.2, -0.15) is 167 Å². The van der Waals surface area contributed by atoms with E-state index in [1.807, 2.05) is 0 Å². The molecule has 0 aromatic heterocycles. The molecule has 4 nitrogen and oxygen atoms in total. The Labute approximate surface area is 380 Å². The van der Waals surface area contributed by atoms with Crippen LogP contribution in [0, 0.1) is 0 Å². The number of rotatable bonds is 22. The van der Waals surface area contributed by atoms with Crippen molar-refractivity contribution in [2.45, 2.75) is 146 Å². The summed E-state index contributed by atoms with van der Waals surface area (Å²) in [5.74, 6) is -146. The fourth-order valence-corrected chi connectivity index (χ4v) is 5.18. The van der Waals surface area contributed by atoms with Crippen LogP contribution in [0.15, 0.2) is 24.3 Å². The molecule has 0 radical (unpaired) electrons. The highest BCUT2D eigenvalue weighted by atomic mass is 19.4. The van der Waals surface area contributed by atoms with Crippen LogP contribution in [0.1, 0.15) is 47.4 Å². The van der Waals surface area contributed by atoms with E-state index >= 15 is 0 Å². The molecule has 0 saturated carbocycles. The number of hydrogen-bond donors (Lipinski definition) is 0. The van der Waals surface area contributed by atoms with E-state index in [2.05, 4.69) is 9.47 Å². The number of hydrogen-bond acceptors (Lipinski definition) is 4. The third-order valence-corrected chi connectivity index (χ3v) is 9.43. The van der Waals surface area contributed by atoms with E-state index in [-0.39, 0.29) is 26.0 Å². The van der Waals surface area contributed by atoms with Gasteiger partial charge in [0, 0.05) is 0 Å². The van der Waals surface area contributed by atoms with Crippen molar-refractivity contribution in [3.8, 4) is 0 Å². The van der Waals surface area contributed by atoms with Gasteiger partial charge in [-0.1, -0.05) is 12.1 Å². The van der Waals surface area contributed by atoms with Crippen molar-refractivity contribution in [2.75, 3.05) is 0 Å². The number of carbonyl (C=O) groups excluding carboxylic acids is 2. The van der Waals surface area contributed by atoms with Crippen molar-refractivity contribution in [1.29, 1.82) is 0 Å². The minimum Gasteiger partial charge on any atom is -0.459 e. The Morgan fingerprint density at radius 1 is 0.311 bits per heavy atom. The van der Waals surface area contributed by atoms with Gasteiger partial charge in [-0.25, -0.2) is 9.59 Å². The van der Waals surface area contributed by atoms with Gasteiger partial charge in [-0.15, -0.1) is 0 Å². The Balaban J connectivity index is 3.53. The van der Waals surface area contributed by atoms with Gasteiger partial charge in [0.05, 0.1) is 24.0 Å². The van der Waals surface area contributed by atoms with Crippen molar-refractivity contribution < 1.29 is 186 Å². The lowest BCUT2D eigenvalue weighted by molar-refractivity contribution is -0.469. The van der Waals surface area contributed by atoms with Crippen LogP contribution in [0.5, 0.6) is 0 Å². The quantitative estimate of drug-likeness (QED) is 0.0858. The van der Waals surface area contributed by atoms with E-state index in [1.165, 1.54) is 0 Å². The van der Waals surface area contributed by atoms with Gasteiger partial charge in [-0.3, -0.25) is 0 Å². The molecule has 74 heavy (non-hydrogen) atoms. The zero-order valence-corrected chi connectivity index (χ0v) is 33.9. The fraction of sp³-hybridized carbons (Fsp3) is 0.750. The first-order chi connectivity index (χ1) is 31.8. The predicted octanol–water partition coefficient (Wildman–Crippen LogP) is 14.8. The molecule has 2 unspecified atom stereocenters. The summed E-state index contributed by atoms with van der Waals surface area (Å²) in [6.07, 6.45) is -30.3. The van der Waals surface area contributed by atoms with Crippen molar-refractivity contribution in [3.63, 3.8) is 0 Å². The minimum absolute atomic E-state index is 0.0631. The van der Waals surface area contributed by atoms with Gasteiger partial charge in [0.1, 0.15) is 12.2 Å². The average molecular weight is 1190 g/mol. The molecule has 42 heteroatoms. The fourth-order valence-electron chi connectivity index (χ4n) is 5.18. The summed E-state index contributed by atoms with van der Waals surface area (Å²) < 4.78 is 526. The highest BCUT2D eigenvalue weighted by Crippen LogP contribution is 2.68. The normalized spacial score (nSPS) is 16.8. The number of benzene rings is 1. The molecule has 0 aliphatic heterocycles. The smallest absolute Gasteiger partial charge is 0.459 e. The lowest BCUT2D eigenvalue weighted by atomic mass is 9.86. The summed E-state index contributed by atoms with van der Waals surface area (Å²) in [5.41, 5.74) is -3.50. The van der Waals surface area contributed by atoms with Gasteiger partial charge in [0.15, 0.2) is 0 Å². The summed E-state index contributed by atoms with van der Waals surface area (Å²) in [6.45, 7) is -0.544. The highest BCUT2D eigenvalue weighted by molar-refractivity contribution is 6.03. The SMILES string of the molecule is CC(CC(F)(F)C(F)(F)C(F)(F)C(F)(F)C(F)(F)C(F)(F)C(F)(F)C(F)(F)C(F)(F)F)OC(=O)c1ccccc1C(=O)OC(C)CC(F)(F)C(F)(F)C(F)(F)C(F)(F)C(F)(F)C(F)(F)C(F)(F)C(F)(F)C(F)(F)F. The highest BCUT2D eigenvalue weighted by Gasteiger charge is 2.98. The largest absolute Gasteiger partial charge is 0.460 e. The molecular weight excluding hydrogens is 1170 g/mol. The van der Waals surface area contributed by atoms with Crippen molar-refractivity contribution in [3.05, 3.63) is 35.4 Å². The molecule has 0 aliphatic rings.